The third-order valence-electron chi connectivity index (χ3n) is 4.57. The molecule has 140 valence electrons. The third-order valence-corrected chi connectivity index (χ3v) is 4.57. The van der Waals surface area contributed by atoms with Crippen LogP contribution in [0.15, 0.2) is 42.5 Å². The number of benzene rings is 2. The van der Waals surface area contributed by atoms with Gasteiger partial charge in [-0.1, -0.05) is 43.9 Å². The summed E-state index contributed by atoms with van der Waals surface area (Å²) in [7, 11) is 0. The van der Waals surface area contributed by atoms with Crippen molar-refractivity contribution < 1.29 is 9.53 Å². The van der Waals surface area contributed by atoms with Crippen LogP contribution in [0.1, 0.15) is 61.0 Å². The molecule has 26 heavy (non-hydrogen) atoms. The van der Waals surface area contributed by atoms with E-state index in [0.717, 1.165) is 18.7 Å². The Bertz CT molecular complexity index is 707. The van der Waals surface area contributed by atoms with Gasteiger partial charge in [0.25, 0.3) is 0 Å². The minimum atomic E-state index is -0.264. The van der Waals surface area contributed by atoms with Gasteiger partial charge < -0.3 is 9.64 Å². The van der Waals surface area contributed by atoms with Gasteiger partial charge in [-0.25, -0.2) is 4.79 Å². The van der Waals surface area contributed by atoms with Crippen LogP contribution in [-0.2, 0) is 4.74 Å². The summed E-state index contributed by atoms with van der Waals surface area (Å²) in [5.74, 6) is -0.264. The van der Waals surface area contributed by atoms with E-state index in [2.05, 4.69) is 43.9 Å². The van der Waals surface area contributed by atoms with Crippen LogP contribution in [0.5, 0.6) is 0 Å². The van der Waals surface area contributed by atoms with Gasteiger partial charge in [0, 0.05) is 17.9 Å². The van der Waals surface area contributed by atoms with Crippen LogP contribution in [0.3, 0.4) is 0 Å². The van der Waals surface area contributed by atoms with Gasteiger partial charge in [-0.15, -0.1) is 0 Å². The molecule has 0 saturated carbocycles. The smallest absolute Gasteiger partial charge is 0.338 e. The molecule has 0 fully saturated rings. The average Bonchev–Trinajstić information content (AvgIpc) is 2.63. The minimum Gasteiger partial charge on any atom is -0.462 e. The van der Waals surface area contributed by atoms with Gasteiger partial charge in [-0.3, -0.25) is 0 Å². The van der Waals surface area contributed by atoms with Crippen molar-refractivity contribution in [1.29, 1.82) is 0 Å². The second-order valence-corrected chi connectivity index (χ2v) is 6.77. The van der Waals surface area contributed by atoms with Gasteiger partial charge in [-0.05, 0) is 63.1 Å². The number of esters is 1. The Hall–Kier alpha value is -2.29. The van der Waals surface area contributed by atoms with Crippen LogP contribution < -0.4 is 4.90 Å². The Morgan fingerprint density at radius 2 is 1.69 bits per heavy atom. The van der Waals surface area contributed by atoms with Crippen LogP contribution >= 0.6 is 0 Å². The van der Waals surface area contributed by atoms with Crippen LogP contribution in [0.2, 0.25) is 0 Å². The van der Waals surface area contributed by atoms with Crippen LogP contribution in [0.4, 0.5) is 11.4 Å². The van der Waals surface area contributed by atoms with Crippen molar-refractivity contribution in [2.45, 2.75) is 53.4 Å². The van der Waals surface area contributed by atoms with E-state index in [0.29, 0.717) is 12.2 Å². The lowest BCUT2D eigenvalue weighted by molar-refractivity contribution is 0.0526. The molecule has 0 aliphatic heterocycles. The fourth-order valence-corrected chi connectivity index (χ4v) is 3.19. The molecule has 0 heterocycles. The summed E-state index contributed by atoms with van der Waals surface area (Å²) in [4.78, 5) is 14.3. The Morgan fingerprint density at radius 3 is 2.31 bits per heavy atom. The van der Waals surface area contributed by atoms with Gasteiger partial charge in [-0.2, -0.15) is 0 Å². The molecule has 0 N–H and O–H groups in total. The number of hydrogen-bond donors (Lipinski definition) is 0. The number of aryl methyl sites for hydroxylation is 2. The second kappa shape index (κ2) is 10.0. The Kier molecular flexibility index (Phi) is 7.71. The first-order chi connectivity index (χ1) is 12.6. The van der Waals surface area contributed by atoms with Gasteiger partial charge in [0.15, 0.2) is 0 Å². The molecule has 0 aliphatic rings. The fourth-order valence-electron chi connectivity index (χ4n) is 3.19. The lowest BCUT2D eigenvalue weighted by Gasteiger charge is -2.27. The molecule has 0 spiro atoms. The van der Waals surface area contributed by atoms with E-state index in [-0.39, 0.29) is 5.97 Å². The molecule has 3 nitrogen and oxygen atoms in total. The van der Waals surface area contributed by atoms with Gasteiger partial charge in [0.05, 0.1) is 12.2 Å². The predicted molar refractivity (Wildman–Crippen MR) is 109 cm³/mol. The maximum absolute atomic E-state index is 11.9. The number of hydrogen-bond acceptors (Lipinski definition) is 3. The quantitative estimate of drug-likeness (QED) is 0.397. The largest absolute Gasteiger partial charge is 0.462 e. The summed E-state index contributed by atoms with van der Waals surface area (Å²) in [6.45, 7) is 9.71. The third kappa shape index (κ3) is 5.35. The predicted octanol–water partition coefficient (Wildman–Crippen LogP) is 6.20. The Morgan fingerprint density at radius 1 is 0.962 bits per heavy atom. The van der Waals surface area contributed by atoms with Crippen LogP contribution in [-0.4, -0.2) is 19.1 Å². The summed E-state index contributed by atoms with van der Waals surface area (Å²) >= 11 is 0. The lowest BCUT2D eigenvalue weighted by Crippen LogP contribution is -2.19. The Balaban J connectivity index is 2.26. The monoisotopic (exact) mass is 353 g/mol. The number of carbonyl (C=O) groups is 1. The molecule has 0 amide bonds. The SMILES string of the molecule is CCCCCCN(c1ccc(C(=O)OCC)cc1)c1ccc(C)cc1C. The van der Waals surface area contributed by atoms with Gasteiger partial charge in [0.2, 0.25) is 0 Å². The molecule has 0 aliphatic carbocycles. The van der Waals surface area contributed by atoms with Crippen molar-refractivity contribution in [3.05, 3.63) is 59.2 Å². The summed E-state index contributed by atoms with van der Waals surface area (Å²) in [6, 6.07) is 14.3. The normalized spacial score (nSPS) is 10.6. The summed E-state index contributed by atoms with van der Waals surface area (Å²) in [5.41, 5.74) is 5.49. The molecule has 2 aromatic rings. The zero-order chi connectivity index (χ0) is 18.9. The average molecular weight is 354 g/mol. The molecule has 0 radical (unpaired) electrons. The highest BCUT2D eigenvalue weighted by molar-refractivity contribution is 5.90. The highest BCUT2D eigenvalue weighted by atomic mass is 16.5. The first-order valence-electron chi connectivity index (χ1n) is 9.68. The standard InChI is InChI=1S/C23H31NO2/c1-5-7-8-9-16-24(22-15-10-18(3)17-19(22)4)21-13-11-20(12-14-21)23(25)26-6-2/h10-15,17H,5-9,16H2,1-4H3. The fraction of sp³-hybridized carbons (Fsp3) is 0.435. The molecule has 0 saturated heterocycles. The zero-order valence-electron chi connectivity index (χ0n) is 16.5. The van der Waals surface area contributed by atoms with Gasteiger partial charge >= 0.3 is 5.97 Å². The zero-order valence-corrected chi connectivity index (χ0v) is 16.5. The molecule has 0 aromatic heterocycles. The molecule has 0 unspecified atom stereocenters. The van der Waals surface area contributed by atoms with Crippen molar-refractivity contribution >= 4 is 17.3 Å². The van der Waals surface area contributed by atoms with E-state index < -0.39 is 0 Å². The first-order valence-corrected chi connectivity index (χ1v) is 9.68. The van der Waals surface area contributed by atoms with Crippen molar-refractivity contribution in [2.24, 2.45) is 0 Å². The topological polar surface area (TPSA) is 29.5 Å². The van der Waals surface area contributed by atoms with E-state index in [1.165, 1.54) is 36.1 Å². The van der Waals surface area contributed by atoms with Crippen molar-refractivity contribution in [3.63, 3.8) is 0 Å². The highest BCUT2D eigenvalue weighted by Crippen LogP contribution is 2.30. The molecule has 2 rings (SSSR count). The number of rotatable bonds is 9. The van der Waals surface area contributed by atoms with Crippen molar-refractivity contribution in [2.75, 3.05) is 18.1 Å². The highest BCUT2D eigenvalue weighted by Gasteiger charge is 2.13. The van der Waals surface area contributed by atoms with Crippen molar-refractivity contribution in [1.82, 2.24) is 0 Å². The van der Waals surface area contributed by atoms with E-state index in [4.69, 9.17) is 4.74 Å². The molecule has 2 aromatic carbocycles. The Labute approximate surface area is 158 Å². The molecular weight excluding hydrogens is 322 g/mol. The molecule has 0 bridgehead atoms. The summed E-state index contributed by atoms with van der Waals surface area (Å²) in [5, 5.41) is 0. The van der Waals surface area contributed by atoms with Crippen LogP contribution in [0.25, 0.3) is 0 Å². The number of carbonyl (C=O) groups excluding carboxylic acids is 1. The summed E-state index contributed by atoms with van der Waals surface area (Å²) < 4.78 is 5.08. The van der Waals surface area contributed by atoms with Crippen molar-refractivity contribution in [3.8, 4) is 0 Å². The van der Waals surface area contributed by atoms with E-state index in [1.54, 1.807) is 0 Å². The minimum absolute atomic E-state index is 0.264. The number of anilines is 2. The van der Waals surface area contributed by atoms with E-state index in [9.17, 15) is 4.79 Å². The first kappa shape index (κ1) is 20.0. The maximum atomic E-state index is 11.9. The number of ether oxygens (including phenoxy) is 1. The molecule has 3 heteroatoms. The lowest BCUT2D eigenvalue weighted by atomic mass is 10.1. The van der Waals surface area contributed by atoms with E-state index >= 15 is 0 Å². The van der Waals surface area contributed by atoms with Gasteiger partial charge in [0.1, 0.15) is 0 Å². The van der Waals surface area contributed by atoms with E-state index in [1.807, 2.05) is 31.2 Å². The summed E-state index contributed by atoms with van der Waals surface area (Å²) in [6.07, 6.45) is 4.89. The second-order valence-electron chi connectivity index (χ2n) is 6.77. The molecule has 0 atom stereocenters. The molecular formula is C23H31NO2. The van der Waals surface area contributed by atoms with Crippen LogP contribution in [0, 0.1) is 13.8 Å². The number of unbranched alkanes of at least 4 members (excludes halogenated alkanes) is 3. The number of nitrogens with zero attached hydrogens (tertiary/aromatic N) is 1. The maximum Gasteiger partial charge on any atom is 0.338 e.